The van der Waals surface area contributed by atoms with Crippen LogP contribution in [-0.2, 0) is 11.2 Å². The lowest BCUT2D eigenvalue weighted by atomic mass is 10.1. The first-order valence-corrected chi connectivity index (χ1v) is 5.89. The Morgan fingerprint density at radius 3 is 3.19 bits per heavy atom. The molecule has 2 aliphatic heterocycles. The van der Waals surface area contributed by atoms with Crippen molar-refractivity contribution < 1.29 is 9.47 Å². The minimum atomic E-state index is -0.141. The zero-order valence-corrected chi connectivity index (χ0v) is 9.58. The summed E-state index contributed by atoms with van der Waals surface area (Å²) >= 11 is 0. The van der Waals surface area contributed by atoms with Gasteiger partial charge in [-0.05, 0) is 25.5 Å². The lowest BCUT2D eigenvalue weighted by molar-refractivity contribution is 0.0657. The molecule has 0 amide bonds. The van der Waals surface area contributed by atoms with Crippen LogP contribution in [0.2, 0.25) is 0 Å². The van der Waals surface area contributed by atoms with Crippen LogP contribution in [0.1, 0.15) is 18.9 Å². The highest BCUT2D eigenvalue weighted by atomic mass is 16.6. The van der Waals surface area contributed by atoms with Crippen LogP contribution >= 0.6 is 0 Å². The van der Waals surface area contributed by atoms with Gasteiger partial charge in [0, 0.05) is 24.2 Å². The predicted molar refractivity (Wildman–Crippen MR) is 63.1 cm³/mol. The standard InChI is InChI=1S/C13H17NO2/c1-13(6-8-15-9-13)16-12-4-2-3-11-10(12)5-7-14-11/h2-4,14H,5-9H2,1H3. The molecule has 1 aromatic rings. The Hall–Kier alpha value is -1.22. The fourth-order valence-corrected chi connectivity index (χ4v) is 2.40. The number of hydrogen-bond acceptors (Lipinski definition) is 3. The van der Waals surface area contributed by atoms with Gasteiger partial charge in [-0.15, -0.1) is 0 Å². The van der Waals surface area contributed by atoms with Gasteiger partial charge in [0.05, 0.1) is 13.2 Å². The fraction of sp³-hybridized carbons (Fsp3) is 0.538. The monoisotopic (exact) mass is 219 g/mol. The summed E-state index contributed by atoms with van der Waals surface area (Å²) in [4.78, 5) is 0. The molecule has 0 bridgehead atoms. The predicted octanol–water partition coefficient (Wildman–Crippen LogP) is 2.21. The summed E-state index contributed by atoms with van der Waals surface area (Å²) in [7, 11) is 0. The number of nitrogens with one attached hydrogen (secondary N) is 1. The van der Waals surface area contributed by atoms with Crippen molar-refractivity contribution in [3.8, 4) is 5.75 Å². The number of hydrogen-bond donors (Lipinski definition) is 1. The van der Waals surface area contributed by atoms with Crippen molar-refractivity contribution in [2.45, 2.75) is 25.4 Å². The first-order chi connectivity index (χ1) is 7.77. The molecule has 0 aliphatic carbocycles. The van der Waals surface area contributed by atoms with Crippen LogP contribution in [0.15, 0.2) is 18.2 Å². The Balaban J connectivity index is 1.87. The molecule has 1 unspecified atom stereocenters. The van der Waals surface area contributed by atoms with Crippen molar-refractivity contribution in [2.75, 3.05) is 25.1 Å². The molecule has 3 heteroatoms. The summed E-state index contributed by atoms with van der Waals surface area (Å²) in [6, 6.07) is 6.23. The normalized spacial score (nSPS) is 27.6. The molecule has 2 aliphatic rings. The molecular formula is C13H17NO2. The summed E-state index contributed by atoms with van der Waals surface area (Å²) in [6.45, 7) is 4.65. The summed E-state index contributed by atoms with van der Waals surface area (Å²) < 4.78 is 11.6. The topological polar surface area (TPSA) is 30.5 Å². The number of anilines is 1. The molecule has 3 rings (SSSR count). The SMILES string of the molecule is CC1(Oc2cccc3c2CCN3)CCOC1. The second kappa shape index (κ2) is 3.67. The molecule has 2 heterocycles. The lowest BCUT2D eigenvalue weighted by Crippen LogP contribution is -2.32. The van der Waals surface area contributed by atoms with E-state index >= 15 is 0 Å². The van der Waals surface area contributed by atoms with Crippen LogP contribution in [0, 0.1) is 0 Å². The summed E-state index contributed by atoms with van der Waals surface area (Å²) in [5, 5.41) is 3.37. The van der Waals surface area contributed by atoms with E-state index in [9.17, 15) is 0 Å². The van der Waals surface area contributed by atoms with Crippen molar-refractivity contribution in [3.05, 3.63) is 23.8 Å². The highest BCUT2D eigenvalue weighted by Crippen LogP contribution is 2.34. The van der Waals surface area contributed by atoms with E-state index in [1.54, 1.807) is 0 Å². The van der Waals surface area contributed by atoms with Crippen LogP contribution in [0.3, 0.4) is 0 Å². The Morgan fingerprint density at radius 2 is 2.38 bits per heavy atom. The van der Waals surface area contributed by atoms with Crippen LogP contribution in [0.5, 0.6) is 5.75 Å². The van der Waals surface area contributed by atoms with Gasteiger partial charge in [-0.1, -0.05) is 6.07 Å². The van der Waals surface area contributed by atoms with Gasteiger partial charge in [-0.3, -0.25) is 0 Å². The van der Waals surface area contributed by atoms with E-state index in [1.165, 1.54) is 11.3 Å². The van der Waals surface area contributed by atoms with Gasteiger partial charge in [0.2, 0.25) is 0 Å². The molecule has 3 nitrogen and oxygen atoms in total. The third-order valence-corrected chi connectivity index (χ3v) is 3.36. The largest absolute Gasteiger partial charge is 0.485 e. The maximum Gasteiger partial charge on any atom is 0.132 e. The lowest BCUT2D eigenvalue weighted by Gasteiger charge is -2.25. The molecule has 1 fully saturated rings. The van der Waals surface area contributed by atoms with E-state index in [1.807, 2.05) is 6.07 Å². The van der Waals surface area contributed by atoms with E-state index in [2.05, 4.69) is 24.4 Å². The number of benzene rings is 1. The summed E-state index contributed by atoms with van der Waals surface area (Å²) in [5.74, 6) is 1.02. The molecule has 1 atom stereocenters. The van der Waals surface area contributed by atoms with Crippen LogP contribution in [0.4, 0.5) is 5.69 Å². The van der Waals surface area contributed by atoms with Crippen molar-refractivity contribution in [1.29, 1.82) is 0 Å². The maximum atomic E-state index is 6.14. The van der Waals surface area contributed by atoms with Gasteiger partial charge in [-0.2, -0.15) is 0 Å². The minimum Gasteiger partial charge on any atom is -0.485 e. The zero-order chi connectivity index (χ0) is 11.0. The van der Waals surface area contributed by atoms with E-state index in [-0.39, 0.29) is 5.60 Å². The number of fused-ring (bicyclic) bond motifs is 1. The molecule has 1 aromatic carbocycles. The van der Waals surface area contributed by atoms with E-state index in [0.717, 1.165) is 31.7 Å². The molecule has 0 saturated carbocycles. The molecule has 0 aromatic heterocycles. The maximum absolute atomic E-state index is 6.14. The van der Waals surface area contributed by atoms with Gasteiger partial charge in [0.25, 0.3) is 0 Å². The van der Waals surface area contributed by atoms with Crippen molar-refractivity contribution in [1.82, 2.24) is 0 Å². The zero-order valence-electron chi connectivity index (χ0n) is 9.58. The van der Waals surface area contributed by atoms with E-state index < -0.39 is 0 Å². The van der Waals surface area contributed by atoms with Gasteiger partial charge in [0.15, 0.2) is 0 Å². The average Bonchev–Trinajstić information content (AvgIpc) is 2.87. The quantitative estimate of drug-likeness (QED) is 0.827. The smallest absolute Gasteiger partial charge is 0.132 e. The Kier molecular flexibility index (Phi) is 2.28. The summed E-state index contributed by atoms with van der Waals surface area (Å²) in [5.41, 5.74) is 2.40. The average molecular weight is 219 g/mol. The Bertz CT molecular complexity index is 397. The van der Waals surface area contributed by atoms with E-state index in [4.69, 9.17) is 9.47 Å². The van der Waals surface area contributed by atoms with Crippen molar-refractivity contribution in [3.63, 3.8) is 0 Å². The van der Waals surface area contributed by atoms with Gasteiger partial charge in [-0.25, -0.2) is 0 Å². The second-order valence-electron chi connectivity index (χ2n) is 4.81. The minimum absolute atomic E-state index is 0.141. The number of rotatable bonds is 2. The van der Waals surface area contributed by atoms with Crippen LogP contribution in [0.25, 0.3) is 0 Å². The van der Waals surface area contributed by atoms with Crippen LogP contribution < -0.4 is 10.1 Å². The molecular weight excluding hydrogens is 202 g/mol. The second-order valence-corrected chi connectivity index (χ2v) is 4.81. The molecule has 1 N–H and O–H groups in total. The molecule has 86 valence electrons. The molecule has 0 spiro atoms. The third-order valence-electron chi connectivity index (χ3n) is 3.36. The van der Waals surface area contributed by atoms with Crippen molar-refractivity contribution in [2.24, 2.45) is 0 Å². The van der Waals surface area contributed by atoms with Crippen molar-refractivity contribution >= 4 is 5.69 Å². The summed E-state index contributed by atoms with van der Waals surface area (Å²) in [6.07, 6.45) is 2.03. The van der Waals surface area contributed by atoms with Gasteiger partial charge < -0.3 is 14.8 Å². The number of ether oxygens (including phenoxy) is 2. The fourth-order valence-electron chi connectivity index (χ4n) is 2.40. The molecule has 1 saturated heterocycles. The Morgan fingerprint density at radius 1 is 1.44 bits per heavy atom. The molecule has 0 radical (unpaired) electrons. The Labute approximate surface area is 95.8 Å². The van der Waals surface area contributed by atoms with Crippen LogP contribution in [-0.4, -0.2) is 25.4 Å². The first kappa shape index (κ1) is 9.97. The van der Waals surface area contributed by atoms with Gasteiger partial charge >= 0.3 is 0 Å². The van der Waals surface area contributed by atoms with Gasteiger partial charge in [0.1, 0.15) is 11.4 Å². The molecule has 16 heavy (non-hydrogen) atoms. The highest BCUT2D eigenvalue weighted by molar-refractivity contribution is 5.61. The first-order valence-electron chi connectivity index (χ1n) is 5.89. The highest BCUT2D eigenvalue weighted by Gasteiger charge is 2.33. The third kappa shape index (κ3) is 1.65. The van der Waals surface area contributed by atoms with E-state index in [0.29, 0.717) is 6.61 Å².